The Balaban J connectivity index is 2.18. The van der Waals surface area contributed by atoms with Crippen molar-refractivity contribution in [3.05, 3.63) is 0 Å². The van der Waals surface area contributed by atoms with Crippen LogP contribution in [-0.4, -0.2) is 30.0 Å². The van der Waals surface area contributed by atoms with Crippen LogP contribution in [0, 0.1) is 0 Å². The lowest BCUT2D eigenvalue weighted by Gasteiger charge is -2.54. The van der Waals surface area contributed by atoms with Gasteiger partial charge in [0, 0.05) is 23.9 Å². The molecule has 2 aliphatic heterocycles. The summed E-state index contributed by atoms with van der Waals surface area (Å²) in [5, 5.41) is 7.27. The van der Waals surface area contributed by atoms with Gasteiger partial charge in [0.25, 0.3) is 0 Å². The topological polar surface area (TPSA) is 33.3 Å². The Labute approximate surface area is 93.0 Å². The van der Waals surface area contributed by atoms with Gasteiger partial charge in [0.05, 0.1) is 6.61 Å². The van der Waals surface area contributed by atoms with Crippen molar-refractivity contribution in [3.8, 4) is 0 Å². The second-order valence-corrected chi connectivity index (χ2v) is 6.37. The first-order valence-corrected chi connectivity index (χ1v) is 6.01. The molecular weight excluding hydrogens is 188 g/mol. The van der Waals surface area contributed by atoms with Gasteiger partial charge in [-0.05, 0) is 40.7 Å². The summed E-state index contributed by atoms with van der Waals surface area (Å²) < 4.78 is 6.03. The van der Waals surface area contributed by atoms with E-state index < -0.39 is 0 Å². The lowest BCUT2D eigenvalue weighted by Crippen LogP contribution is -2.69. The van der Waals surface area contributed by atoms with E-state index in [4.69, 9.17) is 4.74 Å². The Morgan fingerprint density at radius 1 is 1.00 bits per heavy atom. The molecule has 3 nitrogen and oxygen atoms in total. The highest BCUT2D eigenvalue weighted by molar-refractivity contribution is 5.04. The van der Waals surface area contributed by atoms with Crippen LogP contribution in [0.1, 0.15) is 47.0 Å². The number of ether oxygens (including phenoxy) is 1. The molecule has 15 heavy (non-hydrogen) atoms. The number of piperidine rings is 1. The molecule has 0 saturated carbocycles. The fourth-order valence-corrected chi connectivity index (χ4v) is 3.43. The molecule has 2 fully saturated rings. The molecule has 2 rings (SSSR count). The first-order chi connectivity index (χ1) is 6.83. The van der Waals surface area contributed by atoms with E-state index in [1.807, 2.05) is 0 Å². The standard InChI is InChI=1S/C12H24N2O/c1-10(2)8-12(9-11(3,4)14-10)13-6-5-7-15-12/h13-14H,5-9H2,1-4H3. The minimum absolute atomic E-state index is 0.0868. The number of rotatable bonds is 0. The maximum Gasteiger partial charge on any atom is 0.122 e. The molecule has 88 valence electrons. The van der Waals surface area contributed by atoms with Crippen molar-refractivity contribution < 1.29 is 4.74 Å². The van der Waals surface area contributed by atoms with Crippen molar-refractivity contribution in [3.63, 3.8) is 0 Å². The van der Waals surface area contributed by atoms with E-state index >= 15 is 0 Å². The van der Waals surface area contributed by atoms with Crippen LogP contribution in [-0.2, 0) is 4.74 Å². The molecule has 0 aliphatic carbocycles. The summed E-state index contributed by atoms with van der Waals surface area (Å²) in [7, 11) is 0. The zero-order chi connectivity index (χ0) is 11.2. The number of nitrogens with one attached hydrogen (secondary N) is 2. The molecule has 1 spiro atoms. The van der Waals surface area contributed by atoms with E-state index in [0.29, 0.717) is 0 Å². The molecule has 0 unspecified atom stereocenters. The predicted molar refractivity (Wildman–Crippen MR) is 61.8 cm³/mol. The molecule has 0 aromatic heterocycles. The highest BCUT2D eigenvalue weighted by Gasteiger charge is 2.48. The Bertz CT molecular complexity index is 224. The van der Waals surface area contributed by atoms with Crippen molar-refractivity contribution >= 4 is 0 Å². The van der Waals surface area contributed by atoms with Crippen molar-refractivity contribution in [1.82, 2.24) is 10.6 Å². The zero-order valence-electron chi connectivity index (χ0n) is 10.4. The first-order valence-electron chi connectivity index (χ1n) is 6.01. The van der Waals surface area contributed by atoms with Gasteiger partial charge < -0.3 is 10.1 Å². The summed E-state index contributed by atoms with van der Waals surface area (Å²) >= 11 is 0. The maximum atomic E-state index is 6.03. The van der Waals surface area contributed by atoms with Crippen LogP contribution in [0.15, 0.2) is 0 Å². The first kappa shape index (κ1) is 11.4. The summed E-state index contributed by atoms with van der Waals surface area (Å²) in [4.78, 5) is 0. The minimum atomic E-state index is -0.0868. The highest BCUT2D eigenvalue weighted by Crippen LogP contribution is 2.37. The van der Waals surface area contributed by atoms with Crippen LogP contribution in [0.5, 0.6) is 0 Å². The van der Waals surface area contributed by atoms with E-state index in [0.717, 1.165) is 32.4 Å². The smallest absolute Gasteiger partial charge is 0.122 e. The van der Waals surface area contributed by atoms with Crippen LogP contribution in [0.3, 0.4) is 0 Å². The van der Waals surface area contributed by atoms with Gasteiger partial charge in [-0.1, -0.05) is 0 Å². The van der Waals surface area contributed by atoms with Crippen molar-refractivity contribution in [2.75, 3.05) is 13.2 Å². The second-order valence-electron chi connectivity index (χ2n) is 6.37. The molecule has 0 aromatic rings. The molecule has 2 N–H and O–H groups in total. The van der Waals surface area contributed by atoms with Gasteiger partial charge in [0.1, 0.15) is 5.72 Å². The quantitative estimate of drug-likeness (QED) is 0.640. The molecule has 0 atom stereocenters. The molecule has 2 aliphatic rings. The van der Waals surface area contributed by atoms with Crippen LogP contribution in [0.25, 0.3) is 0 Å². The number of hydrogen-bond acceptors (Lipinski definition) is 3. The van der Waals surface area contributed by atoms with E-state index in [-0.39, 0.29) is 16.8 Å². The van der Waals surface area contributed by atoms with Gasteiger partial charge in [-0.2, -0.15) is 0 Å². The van der Waals surface area contributed by atoms with Crippen LogP contribution in [0.4, 0.5) is 0 Å². The van der Waals surface area contributed by atoms with Crippen LogP contribution < -0.4 is 10.6 Å². The minimum Gasteiger partial charge on any atom is -0.360 e. The number of hydrogen-bond donors (Lipinski definition) is 2. The summed E-state index contributed by atoms with van der Waals surface area (Å²) in [6.07, 6.45) is 3.23. The lowest BCUT2D eigenvalue weighted by molar-refractivity contribution is -0.148. The van der Waals surface area contributed by atoms with Crippen molar-refractivity contribution in [1.29, 1.82) is 0 Å². The molecule has 0 radical (unpaired) electrons. The van der Waals surface area contributed by atoms with Gasteiger partial charge in [-0.3, -0.25) is 5.32 Å². The SMILES string of the molecule is CC1(C)CC2(CC(C)(C)N1)NCCCO2. The second kappa shape index (κ2) is 3.44. The largest absolute Gasteiger partial charge is 0.360 e. The average molecular weight is 212 g/mol. The van der Waals surface area contributed by atoms with Gasteiger partial charge in [0.15, 0.2) is 0 Å². The Morgan fingerprint density at radius 2 is 1.60 bits per heavy atom. The van der Waals surface area contributed by atoms with E-state index in [2.05, 4.69) is 38.3 Å². The summed E-state index contributed by atoms with van der Waals surface area (Å²) in [6, 6.07) is 0. The molecule has 2 heterocycles. The van der Waals surface area contributed by atoms with Gasteiger partial charge in [-0.15, -0.1) is 0 Å². The van der Waals surface area contributed by atoms with Crippen LogP contribution in [0.2, 0.25) is 0 Å². The third-order valence-corrected chi connectivity index (χ3v) is 3.28. The third kappa shape index (κ3) is 2.52. The molecular formula is C12H24N2O. The molecule has 3 heteroatoms. The van der Waals surface area contributed by atoms with Gasteiger partial charge in [0.2, 0.25) is 0 Å². The third-order valence-electron chi connectivity index (χ3n) is 3.28. The van der Waals surface area contributed by atoms with E-state index in [1.165, 1.54) is 0 Å². The fraction of sp³-hybridized carbons (Fsp3) is 1.00. The van der Waals surface area contributed by atoms with Gasteiger partial charge >= 0.3 is 0 Å². The molecule has 0 amide bonds. The monoisotopic (exact) mass is 212 g/mol. The van der Waals surface area contributed by atoms with E-state index in [9.17, 15) is 0 Å². The predicted octanol–water partition coefficient (Wildman–Crippen LogP) is 1.63. The maximum absolute atomic E-state index is 6.03. The fourth-order valence-electron chi connectivity index (χ4n) is 3.43. The molecule has 0 aromatic carbocycles. The highest BCUT2D eigenvalue weighted by atomic mass is 16.5. The zero-order valence-corrected chi connectivity index (χ0v) is 10.4. The van der Waals surface area contributed by atoms with Gasteiger partial charge in [-0.25, -0.2) is 0 Å². The summed E-state index contributed by atoms with van der Waals surface area (Å²) in [6.45, 7) is 11.0. The lowest BCUT2D eigenvalue weighted by atomic mass is 9.76. The van der Waals surface area contributed by atoms with Crippen LogP contribution >= 0.6 is 0 Å². The molecule has 2 saturated heterocycles. The van der Waals surface area contributed by atoms with Crippen molar-refractivity contribution in [2.24, 2.45) is 0 Å². The summed E-state index contributed by atoms with van der Waals surface area (Å²) in [5.41, 5.74) is 0.203. The summed E-state index contributed by atoms with van der Waals surface area (Å²) in [5.74, 6) is 0. The average Bonchev–Trinajstić information content (AvgIpc) is 1.97. The Morgan fingerprint density at radius 3 is 2.07 bits per heavy atom. The van der Waals surface area contributed by atoms with Crippen molar-refractivity contribution in [2.45, 2.75) is 63.8 Å². The Hall–Kier alpha value is -0.120. The molecule has 0 bridgehead atoms. The Kier molecular flexibility index (Phi) is 2.61. The normalized spacial score (nSPS) is 32.8. The van der Waals surface area contributed by atoms with E-state index in [1.54, 1.807) is 0 Å².